The Bertz CT molecular complexity index is 881. The number of rotatable bonds is 3. The van der Waals surface area contributed by atoms with Gasteiger partial charge in [-0.1, -0.05) is 29.8 Å². The molecular weight excluding hydrogens is 308 g/mol. The van der Waals surface area contributed by atoms with Crippen LogP contribution in [-0.4, -0.2) is 15.9 Å². The average Bonchev–Trinajstić information content (AvgIpc) is 2.81. The van der Waals surface area contributed by atoms with Crippen molar-refractivity contribution in [1.82, 2.24) is 4.57 Å². The standard InChI is InChI=1S/C19H17ClN2O/c1-13-10-15(12-21-18-8-3-4-9-19(18)23)14(2)22(13)17-7-5-6-16(20)11-17/h3-12,23H,1-2H3. The molecule has 0 bridgehead atoms. The quantitative estimate of drug-likeness (QED) is 0.660. The van der Waals surface area contributed by atoms with E-state index in [9.17, 15) is 5.11 Å². The zero-order chi connectivity index (χ0) is 16.4. The Morgan fingerprint density at radius 2 is 1.83 bits per heavy atom. The zero-order valence-electron chi connectivity index (χ0n) is 13.0. The smallest absolute Gasteiger partial charge is 0.141 e. The normalized spacial score (nSPS) is 11.3. The van der Waals surface area contributed by atoms with Gasteiger partial charge in [0.1, 0.15) is 11.4 Å². The van der Waals surface area contributed by atoms with E-state index in [-0.39, 0.29) is 5.75 Å². The largest absolute Gasteiger partial charge is 0.506 e. The van der Waals surface area contributed by atoms with Crippen molar-refractivity contribution in [1.29, 1.82) is 0 Å². The van der Waals surface area contributed by atoms with E-state index in [0.29, 0.717) is 10.7 Å². The minimum atomic E-state index is 0.174. The number of phenols is 1. The Kier molecular flexibility index (Phi) is 4.22. The molecule has 0 atom stereocenters. The number of hydrogen-bond donors (Lipinski definition) is 1. The number of para-hydroxylation sites is 2. The lowest BCUT2D eigenvalue weighted by molar-refractivity contribution is 0.477. The second-order valence-corrected chi connectivity index (χ2v) is 5.83. The van der Waals surface area contributed by atoms with E-state index >= 15 is 0 Å². The van der Waals surface area contributed by atoms with E-state index in [1.807, 2.05) is 44.2 Å². The summed E-state index contributed by atoms with van der Waals surface area (Å²) in [7, 11) is 0. The number of phenolic OH excluding ortho intramolecular Hbond substituents is 1. The molecule has 0 fully saturated rings. The highest BCUT2D eigenvalue weighted by Gasteiger charge is 2.09. The van der Waals surface area contributed by atoms with Gasteiger partial charge in [0.25, 0.3) is 0 Å². The fourth-order valence-electron chi connectivity index (χ4n) is 2.64. The van der Waals surface area contributed by atoms with E-state index in [0.717, 1.165) is 22.6 Å². The molecule has 3 nitrogen and oxygen atoms in total. The van der Waals surface area contributed by atoms with E-state index in [1.54, 1.807) is 24.4 Å². The van der Waals surface area contributed by atoms with Crippen LogP contribution in [-0.2, 0) is 0 Å². The minimum Gasteiger partial charge on any atom is -0.506 e. The average molecular weight is 325 g/mol. The molecule has 0 aliphatic heterocycles. The van der Waals surface area contributed by atoms with Crippen molar-refractivity contribution < 1.29 is 5.11 Å². The fraction of sp³-hybridized carbons (Fsp3) is 0.105. The molecule has 1 heterocycles. The molecule has 0 amide bonds. The van der Waals surface area contributed by atoms with Gasteiger partial charge in [-0.15, -0.1) is 0 Å². The SMILES string of the molecule is Cc1cc(C=Nc2ccccc2O)c(C)n1-c1cccc(Cl)c1. The van der Waals surface area contributed by atoms with Crippen molar-refractivity contribution in [3.63, 3.8) is 0 Å². The third-order valence-electron chi connectivity index (χ3n) is 3.76. The number of aliphatic imine (C=N–C) groups is 1. The molecule has 3 rings (SSSR count). The van der Waals surface area contributed by atoms with E-state index in [2.05, 4.69) is 15.6 Å². The Hall–Kier alpha value is -2.52. The van der Waals surface area contributed by atoms with Crippen LogP contribution in [0.4, 0.5) is 5.69 Å². The summed E-state index contributed by atoms with van der Waals surface area (Å²) in [6.07, 6.45) is 1.78. The second-order valence-electron chi connectivity index (χ2n) is 5.39. The van der Waals surface area contributed by atoms with Crippen LogP contribution in [0.15, 0.2) is 59.6 Å². The number of nitrogens with zero attached hydrogens (tertiary/aromatic N) is 2. The third kappa shape index (κ3) is 3.15. The Morgan fingerprint density at radius 3 is 2.57 bits per heavy atom. The van der Waals surface area contributed by atoms with Gasteiger partial charge in [0.2, 0.25) is 0 Å². The van der Waals surface area contributed by atoms with Crippen LogP contribution in [0.3, 0.4) is 0 Å². The van der Waals surface area contributed by atoms with E-state index in [4.69, 9.17) is 11.6 Å². The third-order valence-corrected chi connectivity index (χ3v) is 4.00. The molecule has 23 heavy (non-hydrogen) atoms. The first kappa shape index (κ1) is 15.4. The predicted molar refractivity (Wildman–Crippen MR) is 95.6 cm³/mol. The summed E-state index contributed by atoms with van der Waals surface area (Å²) >= 11 is 6.10. The topological polar surface area (TPSA) is 37.5 Å². The molecule has 2 aromatic carbocycles. The number of benzene rings is 2. The maximum atomic E-state index is 9.79. The van der Waals surface area contributed by atoms with Crippen molar-refractivity contribution in [3.8, 4) is 11.4 Å². The Balaban J connectivity index is 2.00. The molecule has 0 radical (unpaired) electrons. The molecule has 0 saturated heterocycles. The van der Waals surface area contributed by atoms with Crippen LogP contribution >= 0.6 is 11.6 Å². The predicted octanol–water partition coefficient (Wildman–Crippen LogP) is 5.20. The molecule has 1 aromatic heterocycles. The fourth-order valence-corrected chi connectivity index (χ4v) is 2.83. The van der Waals surface area contributed by atoms with Crippen LogP contribution in [0.5, 0.6) is 5.75 Å². The van der Waals surface area contributed by atoms with Gasteiger partial charge in [-0.05, 0) is 50.2 Å². The maximum absolute atomic E-state index is 9.79. The lowest BCUT2D eigenvalue weighted by Gasteiger charge is -2.09. The highest BCUT2D eigenvalue weighted by molar-refractivity contribution is 6.30. The summed E-state index contributed by atoms with van der Waals surface area (Å²) in [5.74, 6) is 0.174. The van der Waals surface area contributed by atoms with Crippen molar-refractivity contribution in [2.24, 2.45) is 4.99 Å². The molecule has 1 N–H and O–H groups in total. The number of aryl methyl sites for hydroxylation is 1. The van der Waals surface area contributed by atoms with Crippen LogP contribution in [0.2, 0.25) is 5.02 Å². The molecule has 0 aliphatic carbocycles. The van der Waals surface area contributed by atoms with Gasteiger partial charge in [0.15, 0.2) is 0 Å². The Morgan fingerprint density at radius 1 is 1.04 bits per heavy atom. The van der Waals surface area contributed by atoms with E-state index < -0.39 is 0 Å². The number of halogens is 1. The first-order valence-electron chi connectivity index (χ1n) is 7.33. The van der Waals surface area contributed by atoms with Gasteiger partial charge < -0.3 is 9.67 Å². The summed E-state index contributed by atoms with van der Waals surface area (Å²) < 4.78 is 2.14. The number of aromatic hydroxyl groups is 1. The van der Waals surface area contributed by atoms with Crippen molar-refractivity contribution in [3.05, 3.63) is 76.6 Å². The molecule has 0 aliphatic rings. The molecular formula is C19H17ClN2O. The van der Waals surface area contributed by atoms with Crippen molar-refractivity contribution in [2.75, 3.05) is 0 Å². The summed E-state index contributed by atoms with van der Waals surface area (Å²) in [5.41, 5.74) is 4.76. The van der Waals surface area contributed by atoms with Crippen LogP contribution < -0.4 is 0 Å². The monoisotopic (exact) mass is 324 g/mol. The number of hydrogen-bond acceptors (Lipinski definition) is 2. The van der Waals surface area contributed by atoms with Gasteiger partial charge in [-0.3, -0.25) is 4.99 Å². The van der Waals surface area contributed by atoms with Gasteiger partial charge >= 0.3 is 0 Å². The summed E-state index contributed by atoms with van der Waals surface area (Å²) in [5, 5.41) is 10.5. The van der Waals surface area contributed by atoms with Gasteiger partial charge in [-0.2, -0.15) is 0 Å². The lowest BCUT2D eigenvalue weighted by Crippen LogP contribution is -1.99. The zero-order valence-corrected chi connectivity index (χ0v) is 13.7. The van der Waals surface area contributed by atoms with Gasteiger partial charge in [0.05, 0.1) is 0 Å². The van der Waals surface area contributed by atoms with Crippen LogP contribution in [0.25, 0.3) is 5.69 Å². The van der Waals surface area contributed by atoms with Crippen molar-refractivity contribution >= 4 is 23.5 Å². The molecule has 3 aromatic rings. The summed E-state index contributed by atoms with van der Waals surface area (Å²) in [6.45, 7) is 4.09. The minimum absolute atomic E-state index is 0.174. The first-order chi connectivity index (χ1) is 11.1. The van der Waals surface area contributed by atoms with Gasteiger partial charge in [0, 0.05) is 33.9 Å². The lowest BCUT2D eigenvalue weighted by atomic mass is 10.2. The van der Waals surface area contributed by atoms with Crippen molar-refractivity contribution in [2.45, 2.75) is 13.8 Å². The Labute approximate surface area is 140 Å². The summed E-state index contributed by atoms with van der Waals surface area (Å²) in [4.78, 5) is 4.39. The number of aromatic nitrogens is 1. The summed E-state index contributed by atoms with van der Waals surface area (Å²) in [6, 6.07) is 16.9. The molecule has 116 valence electrons. The maximum Gasteiger partial charge on any atom is 0.141 e. The van der Waals surface area contributed by atoms with E-state index in [1.165, 1.54) is 0 Å². The molecule has 4 heteroatoms. The molecule has 0 saturated carbocycles. The second kappa shape index (κ2) is 6.31. The molecule has 0 spiro atoms. The first-order valence-corrected chi connectivity index (χ1v) is 7.71. The van der Waals surface area contributed by atoms with Crippen LogP contribution in [0.1, 0.15) is 17.0 Å². The van der Waals surface area contributed by atoms with Gasteiger partial charge in [-0.25, -0.2) is 0 Å². The van der Waals surface area contributed by atoms with Crippen LogP contribution in [0, 0.1) is 13.8 Å². The molecule has 0 unspecified atom stereocenters. The highest BCUT2D eigenvalue weighted by atomic mass is 35.5. The highest BCUT2D eigenvalue weighted by Crippen LogP contribution is 2.26.